The Kier molecular flexibility index (Phi) is 7.49. The molecular weight excluding hydrogens is 575 g/mol. The average Bonchev–Trinajstić information content (AvgIpc) is 3.20. The van der Waals surface area contributed by atoms with Crippen LogP contribution in [0.2, 0.25) is 0 Å². The molecule has 182 valence electrons. The number of hydrogen-bond donors (Lipinski definition) is 1. The van der Waals surface area contributed by atoms with Crippen molar-refractivity contribution in [2.24, 2.45) is 4.99 Å². The summed E-state index contributed by atoms with van der Waals surface area (Å²) in [5.41, 5.74) is 3.20. The molecule has 1 aliphatic heterocycles. The van der Waals surface area contributed by atoms with Gasteiger partial charge in [0.2, 0.25) is 11.8 Å². The zero-order valence-corrected chi connectivity index (χ0v) is 21.8. The highest BCUT2D eigenvalue weighted by molar-refractivity contribution is 14.1. The predicted molar refractivity (Wildman–Crippen MR) is 143 cm³/mol. The van der Waals surface area contributed by atoms with E-state index in [0.29, 0.717) is 31.7 Å². The van der Waals surface area contributed by atoms with Crippen LogP contribution in [0.1, 0.15) is 34.0 Å². The SMILES string of the molecule is COc1cc(/C=C2\N=C(c3ccc(NC(C)=O)cc3)OC2=O)cc(I)c1OC(=O)c1ccccc1C. The fourth-order valence-corrected chi connectivity index (χ4v) is 4.20. The summed E-state index contributed by atoms with van der Waals surface area (Å²) < 4.78 is 17.1. The lowest BCUT2D eigenvalue weighted by atomic mass is 10.1. The van der Waals surface area contributed by atoms with E-state index in [9.17, 15) is 14.4 Å². The number of esters is 2. The van der Waals surface area contributed by atoms with Gasteiger partial charge in [0.1, 0.15) is 0 Å². The number of methoxy groups -OCH3 is 1. The highest BCUT2D eigenvalue weighted by Gasteiger charge is 2.25. The van der Waals surface area contributed by atoms with E-state index in [2.05, 4.69) is 10.3 Å². The minimum absolute atomic E-state index is 0.110. The van der Waals surface area contributed by atoms with Crippen LogP contribution >= 0.6 is 22.6 Å². The third-order valence-corrected chi connectivity index (χ3v) is 5.99. The van der Waals surface area contributed by atoms with Gasteiger partial charge in [-0.05, 0) is 89.2 Å². The maximum Gasteiger partial charge on any atom is 0.363 e. The number of nitrogens with zero attached hydrogens (tertiary/aromatic N) is 1. The van der Waals surface area contributed by atoms with Crippen LogP contribution in [0.5, 0.6) is 11.5 Å². The Labute approximate surface area is 221 Å². The summed E-state index contributed by atoms with van der Waals surface area (Å²) in [6.07, 6.45) is 1.57. The summed E-state index contributed by atoms with van der Waals surface area (Å²) in [4.78, 5) is 40.7. The first-order chi connectivity index (χ1) is 17.2. The summed E-state index contributed by atoms with van der Waals surface area (Å²) in [5, 5.41) is 2.68. The first-order valence-electron chi connectivity index (χ1n) is 10.8. The van der Waals surface area contributed by atoms with Crippen molar-refractivity contribution in [2.75, 3.05) is 12.4 Å². The van der Waals surface area contributed by atoms with Gasteiger partial charge in [-0.2, -0.15) is 0 Å². The molecule has 0 aliphatic carbocycles. The topological polar surface area (TPSA) is 103 Å². The van der Waals surface area contributed by atoms with Gasteiger partial charge in [-0.3, -0.25) is 4.79 Å². The molecule has 8 nitrogen and oxygen atoms in total. The Morgan fingerprint density at radius 2 is 1.81 bits per heavy atom. The van der Waals surface area contributed by atoms with E-state index < -0.39 is 11.9 Å². The number of anilines is 1. The molecule has 3 aromatic carbocycles. The number of halogens is 1. The predicted octanol–water partition coefficient (Wildman–Crippen LogP) is 5.13. The number of carbonyl (C=O) groups excluding carboxylic acids is 3. The molecule has 9 heteroatoms. The molecule has 0 radical (unpaired) electrons. The number of rotatable bonds is 6. The maximum atomic E-state index is 12.7. The number of cyclic esters (lactones) is 1. The maximum absolute atomic E-state index is 12.7. The summed E-state index contributed by atoms with van der Waals surface area (Å²) in [5.74, 6) is -0.496. The minimum Gasteiger partial charge on any atom is -0.493 e. The van der Waals surface area contributed by atoms with Crippen LogP contribution in [0.3, 0.4) is 0 Å². The minimum atomic E-state index is -0.597. The molecule has 1 heterocycles. The van der Waals surface area contributed by atoms with Crippen molar-refractivity contribution in [3.8, 4) is 11.5 Å². The Hall–Kier alpha value is -3.99. The number of ether oxygens (including phenoxy) is 3. The van der Waals surface area contributed by atoms with Crippen LogP contribution in [0.4, 0.5) is 5.69 Å². The second-order valence-electron chi connectivity index (χ2n) is 7.83. The van der Waals surface area contributed by atoms with Gasteiger partial charge in [0.25, 0.3) is 0 Å². The molecule has 36 heavy (non-hydrogen) atoms. The molecule has 0 bridgehead atoms. The summed E-state index contributed by atoms with van der Waals surface area (Å²) >= 11 is 2.04. The molecule has 0 atom stereocenters. The first-order valence-corrected chi connectivity index (χ1v) is 11.9. The van der Waals surface area contributed by atoms with Gasteiger partial charge in [0.15, 0.2) is 17.2 Å². The lowest BCUT2D eigenvalue weighted by Crippen LogP contribution is -2.11. The van der Waals surface area contributed by atoms with E-state index >= 15 is 0 Å². The number of aryl methyl sites for hydroxylation is 1. The summed E-state index contributed by atoms with van der Waals surface area (Å²) in [6.45, 7) is 3.26. The zero-order chi connectivity index (χ0) is 25.8. The van der Waals surface area contributed by atoms with Crippen LogP contribution < -0.4 is 14.8 Å². The van der Waals surface area contributed by atoms with Gasteiger partial charge < -0.3 is 19.5 Å². The fourth-order valence-electron chi connectivity index (χ4n) is 3.46. The van der Waals surface area contributed by atoms with Gasteiger partial charge in [-0.15, -0.1) is 0 Å². The van der Waals surface area contributed by atoms with Gasteiger partial charge in [-0.25, -0.2) is 14.6 Å². The van der Waals surface area contributed by atoms with Crippen LogP contribution in [0, 0.1) is 10.5 Å². The quantitative estimate of drug-likeness (QED) is 0.183. The smallest absolute Gasteiger partial charge is 0.363 e. The molecule has 0 unspecified atom stereocenters. The number of carbonyl (C=O) groups is 3. The molecule has 1 aliphatic rings. The summed E-state index contributed by atoms with van der Waals surface area (Å²) in [6, 6.07) is 17.3. The number of amides is 1. The number of aliphatic imine (C=N–C) groups is 1. The van der Waals surface area contributed by atoms with Crippen molar-refractivity contribution < 1.29 is 28.6 Å². The fraction of sp³-hybridized carbons (Fsp3) is 0.111. The van der Waals surface area contributed by atoms with Crippen molar-refractivity contribution in [3.63, 3.8) is 0 Å². The highest BCUT2D eigenvalue weighted by Crippen LogP contribution is 2.36. The van der Waals surface area contributed by atoms with Crippen LogP contribution in [0.25, 0.3) is 6.08 Å². The normalized spacial score (nSPS) is 13.7. The van der Waals surface area contributed by atoms with Crippen LogP contribution in [-0.4, -0.2) is 30.9 Å². The Morgan fingerprint density at radius 1 is 1.08 bits per heavy atom. The zero-order valence-electron chi connectivity index (χ0n) is 19.6. The van der Waals surface area contributed by atoms with Gasteiger partial charge >= 0.3 is 11.9 Å². The van der Waals surface area contributed by atoms with Gasteiger partial charge in [0.05, 0.1) is 16.2 Å². The van der Waals surface area contributed by atoms with Crippen molar-refractivity contribution in [1.82, 2.24) is 0 Å². The Morgan fingerprint density at radius 3 is 2.47 bits per heavy atom. The molecule has 1 amide bonds. The molecule has 4 rings (SSSR count). The average molecular weight is 596 g/mol. The van der Waals surface area contributed by atoms with Gasteiger partial charge in [-0.1, -0.05) is 18.2 Å². The Bertz CT molecular complexity index is 1430. The standard InChI is InChI=1S/C27H21IN2O6/c1-15-6-4-5-7-20(15)26(32)35-24-21(28)12-17(14-23(24)34-3)13-22-27(33)36-25(30-22)18-8-10-19(11-9-18)29-16(2)31/h4-14H,1-3H3,(H,29,31)/b22-13-. The van der Waals surface area contributed by atoms with E-state index in [-0.39, 0.29) is 23.3 Å². The number of benzene rings is 3. The highest BCUT2D eigenvalue weighted by atomic mass is 127. The number of nitrogens with one attached hydrogen (secondary N) is 1. The van der Waals surface area contributed by atoms with E-state index in [4.69, 9.17) is 14.2 Å². The largest absolute Gasteiger partial charge is 0.493 e. The van der Waals surface area contributed by atoms with Crippen molar-refractivity contribution in [3.05, 3.63) is 92.2 Å². The van der Waals surface area contributed by atoms with E-state index in [1.165, 1.54) is 14.0 Å². The van der Waals surface area contributed by atoms with Crippen molar-refractivity contribution in [1.29, 1.82) is 0 Å². The van der Waals surface area contributed by atoms with Crippen LogP contribution in [0.15, 0.2) is 71.4 Å². The third-order valence-electron chi connectivity index (χ3n) is 5.19. The van der Waals surface area contributed by atoms with Crippen molar-refractivity contribution >= 4 is 58.1 Å². The third kappa shape index (κ3) is 5.62. The Balaban J connectivity index is 1.59. The molecule has 0 saturated carbocycles. The lowest BCUT2D eigenvalue weighted by Gasteiger charge is -2.13. The summed E-state index contributed by atoms with van der Waals surface area (Å²) in [7, 11) is 1.47. The molecule has 0 spiro atoms. The molecule has 0 fully saturated rings. The van der Waals surface area contributed by atoms with Crippen molar-refractivity contribution in [2.45, 2.75) is 13.8 Å². The van der Waals surface area contributed by atoms with E-state index in [1.54, 1.807) is 54.6 Å². The first kappa shape index (κ1) is 25.1. The van der Waals surface area contributed by atoms with E-state index in [1.807, 2.05) is 41.6 Å². The van der Waals surface area contributed by atoms with Gasteiger partial charge in [0, 0.05) is 18.2 Å². The second kappa shape index (κ2) is 10.7. The second-order valence-corrected chi connectivity index (χ2v) is 9.00. The molecular formula is C27H21IN2O6. The van der Waals surface area contributed by atoms with E-state index in [0.717, 1.165) is 5.56 Å². The van der Waals surface area contributed by atoms with Crippen LogP contribution in [-0.2, 0) is 14.3 Å². The lowest BCUT2D eigenvalue weighted by molar-refractivity contribution is -0.129. The number of hydrogen-bond acceptors (Lipinski definition) is 7. The molecule has 0 saturated heterocycles. The molecule has 0 aromatic heterocycles. The molecule has 3 aromatic rings. The monoisotopic (exact) mass is 596 g/mol. The molecule has 1 N–H and O–H groups in total.